The maximum atomic E-state index is 13.6. The number of halogens is 1. The van der Waals surface area contributed by atoms with Crippen LogP contribution in [0.2, 0.25) is 0 Å². The Balaban J connectivity index is 1.70. The molecule has 0 radical (unpaired) electrons. The summed E-state index contributed by atoms with van der Waals surface area (Å²) in [6.45, 7) is 7.16. The quantitative estimate of drug-likeness (QED) is 0.421. The van der Waals surface area contributed by atoms with Gasteiger partial charge in [-0.1, -0.05) is 43.4 Å². The van der Waals surface area contributed by atoms with Crippen LogP contribution in [0, 0.1) is 5.82 Å². The van der Waals surface area contributed by atoms with Gasteiger partial charge in [0, 0.05) is 18.5 Å². The van der Waals surface area contributed by atoms with E-state index in [0.717, 1.165) is 18.5 Å². The first-order chi connectivity index (χ1) is 14.1. The fourth-order valence-electron chi connectivity index (χ4n) is 3.29. The number of amides is 1. The summed E-state index contributed by atoms with van der Waals surface area (Å²) in [4.78, 5) is 21.8. The lowest BCUT2D eigenvalue weighted by molar-refractivity contribution is 0.0959. The van der Waals surface area contributed by atoms with E-state index >= 15 is 0 Å². The van der Waals surface area contributed by atoms with E-state index in [-0.39, 0.29) is 17.5 Å². The molecule has 0 saturated carbocycles. The summed E-state index contributed by atoms with van der Waals surface area (Å²) < 4.78 is 20.1. The summed E-state index contributed by atoms with van der Waals surface area (Å²) in [6.07, 6.45) is 0. The number of hydrogen-bond acceptors (Lipinski definition) is 5. The summed E-state index contributed by atoms with van der Waals surface area (Å²) >= 11 is 1.31. The Morgan fingerprint density at radius 1 is 1.10 bits per heavy atom. The molecule has 4 rings (SSSR count). The molecule has 0 atom stereocenters. The van der Waals surface area contributed by atoms with Gasteiger partial charge in [-0.05, 0) is 43.4 Å². The Morgan fingerprint density at radius 3 is 2.66 bits per heavy atom. The summed E-state index contributed by atoms with van der Waals surface area (Å²) in [5.74, 6) is -0.282. The van der Waals surface area contributed by atoms with Crippen molar-refractivity contribution in [2.45, 2.75) is 13.8 Å². The van der Waals surface area contributed by atoms with Gasteiger partial charge >= 0.3 is 0 Å². The van der Waals surface area contributed by atoms with Crippen molar-refractivity contribution in [1.29, 1.82) is 0 Å². The molecular formula is C22H22FN3O2S. The lowest BCUT2D eigenvalue weighted by atomic mass is 10.2. The molecule has 2 heterocycles. The van der Waals surface area contributed by atoms with Crippen LogP contribution in [0.5, 0.6) is 0 Å². The molecule has 2 aromatic carbocycles. The van der Waals surface area contributed by atoms with Crippen molar-refractivity contribution in [3.05, 3.63) is 60.1 Å². The molecule has 29 heavy (non-hydrogen) atoms. The van der Waals surface area contributed by atoms with E-state index in [4.69, 9.17) is 4.42 Å². The van der Waals surface area contributed by atoms with Crippen LogP contribution >= 0.6 is 11.3 Å². The van der Waals surface area contributed by atoms with E-state index in [2.05, 4.69) is 23.7 Å². The predicted octanol–water partition coefficient (Wildman–Crippen LogP) is 5.17. The molecule has 0 N–H and O–H groups in total. The minimum absolute atomic E-state index is 0.243. The lowest BCUT2D eigenvalue weighted by Crippen LogP contribution is -2.38. The van der Waals surface area contributed by atoms with E-state index < -0.39 is 0 Å². The highest BCUT2D eigenvalue weighted by Gasteiger charge is 2.25. The maximum Gasteiger partial charge on any atom is 0.295 e. The number of fused-ring (bicyclic) bond motifs is 2. The minimum Gasteiger partial charge on any atom is -0.451 e. The molecule has 5 nitrogen and oxygen atoms in total. The average Bonchev–Trinajstić information content (AvgIpc) is 3.34. The Hall–Kier alpha value is -2.77. The topological polar surface area (TPSA) is 49.6 Å². The van der Waals surface area contributed by atoms with Gasteiger partial charge in [0.1, 0.15) is 11.4 Å². The molecule has 1 amide bonds. The zero-order chi connectivity index (χ0) is 20.4. The standard InChI is InChI=1S/C22H22FN3O2S/c1-3-25(4-2)11-12-26(22-24-17-10-9-16(23)14-20(17)29-22)21(27)19-13-15-7-5-6-8-18(15)28-19/h5-10,13-14H,3-4,11-12H2,1-2H3. The van der Waals surface area contributed by atoms with Crippen LogP contribution in [-0.2, 0) is 0 Å². The third kappa shape index (κ3) is 4.02. The second-order valence-corrected chi connectivity index (χ2v) is 7.75. The molecule has 0 saturated heterocycles. The first-order valence-electron chi connectivity index (χ1n) is 9.68. The number of anilines is 1. The number of benzene rings is 2. The maximum absolute atomic E-state index is 13.6. The highest BCUT2D eigenvalue weighted by molar-refractivity contribution is 7.22. The van der Waals surface area contributed by atoms with Gasteiger partial charge in [-0.15, -0.1) is 0 Å². The van der Waals surface area contributed by atoms with Gasteiger partial charge < -0.3 is 9.32 Å². The van der Waals surface area contributed by atoms with E-state index in [9.17, 15) is 9.18 Å². The molecule has 150 valence electrons. The van der Waals surface area contributed by atoms with Gasteiger partial charge in [-0.3, -0.25) is 9.69 Å². The number of carbonyl (C=O) groups excluding carboxylic acids is 1. The number of rotatable bonds is 7. The fraction of sp³-hybridized carbons (Fsp3) is 0.273. The second kappa shape index (κ2) is 8.31. The Morgan fingerprint density at radius 2 is 1.90 bits per heavy atom. The molecule has 0 spiro atoms. The van der Waals surface area contributed by atoms with Gasteiger partial charge in [0.05, 0.1) is 10.2 Å². The summed E-state index contributed by atoms with van der Waals surface area (Å²) in [7, 11) is 0. The first kappa shape index (κ1) is 19.5. The van der Waals surface area contributed by atoms with E-state index in [1.54, 1.807) is 17.0 Å². The Labute approximate surface area is 172 Å². The van der Waals surface area contributed by atoms with Crippen LogP contribution < -0.4 is 4.90 Å². The zero-order valence-corrected chi connectivity index (χ0v) is 17.2. The molecule has 2 aromatic heterocycles. The predicted molar refractivity (Wildman–Crippen MR) is 115 cm³/mol. The number of carbonyl (C=O) groups is 1. The zero-order valence-electron chi connectivity index (χ0n) is 16.4. The molecule has 0 aliphatic rings. The number of furan rings is 1. The van der Waals surface area contributed by atoms with Crippen LogP contribution in [0.15, 0.2) is 52.9 Å². The Kier molecular flexibility index (Phi) is 5.60. The molecule has 7 heteroatoms. The molecule has 0 fully saturated rings. The highest BCUT2D eigenvalue weighted by atomic mass is 32.1. The van der Waals surface area contributed by atoms with E-state index in [1.807, 2.05) is 24.3 Å². The average molecular weight is 412 g/mol. The molecule has 4 aromatic rings. The van der Waals surface area contributed by atoms with Gasteiger partial charge in [0.15, 0.2) is 10.9 Å². The Bertz CT molecular complexity index is 1120. The molecule has 0 aliphatic heterocycles. The summed E-state index contributed by atoms with van der Waals surface area (Å²) in [5.41, 5.74) is 1.35. The smallest absolute Gasteiger partial charge is 0.295 e. The van der Waals surface area contributed by atoms with Crippen molar-refractivity contribution in [3.8, 4) is 0 Å². The largest absolute Gasteiger partial charge is 0.451 e. The van der Waals surface area contributed by atoms with E-state index in [0.29, 0.717) is 34.0 Å². The van der Waals surface area contributed by atoms with Crippen molar-refractivity contribution in [3.63, 3.8) is 0 Å². The van der Waals surface area contributed by atoms with Gasteiger partial charge in [0.25, 0.3) is 5.91 Å². The lowest BCUT2D eigenvalue weighted by Gasteiger charge is -2.24. The molecule has 0 aliphatic carbocycles. The summed E-state index contributed by atoms with van der Waals surface area (Å²) in [6, 6.07) is 13.8. The molecular weight excluding hydrogens is 389 g/mol. The van der Waals surface area contributed by atoms with Gasteiger partial charge in [-0.25, -0.2) is 9.37 Å². The SMILES string of the molecule is CCN(CC)CCN(C(=O)c1cc2ccccc2o1)c1nc2ccc(F)cc2s1. The number of likely N-dealkylation sites (N-methyl/N-ethyl adjacent to an activating group) is 1. The van der Waals surface area contributed by atoms with Crippen LogP contribution in [0.1, 0.15) is 24.4 Å². The van der Waals surface area contributed by atoms with Crippen molar-refractivity contribution >= 4 is 43.6 Å². The van der Waals surface area contributed by atoms with Crippen LogP contribution in [-0.4, -0.2) is 42.0 Å². The third-order valence-electron chi connectivity index (χ3n) is 4.99. The normalized spacial score (nSPS) is 11.6. The number of para-hydroxylation sites is 1. The second-order valence-electron chi connectivity index (χ2n) is 6.74. The van der Waals surface area contributed by atoms with Crippen LogP contribution in [0.3, 0.4) is 0 Å². The number of aromatic nitrogens is 1. The fourth-order valence-corrected chi connectivity index (χ4v) is 4.30. The highest BCUT2D eigenvalue weighted by Crippen LogP contribution is 2.31. The number of nitrogens with zero attached hydrogens (tertiary/aromatic N) is 3. The van der Waals surface area contributed by atoms with Crippen molar-refractivity contribution in [2.75, 3.05) is 31.1 Å². The van der Waals surface area contributed by atoms with Crippen molar-refractivity contribution < 1.29 is 13.6 Å². The number of hydrogen-bond donors (Lipinski definition) is 0. The third-order valence-corrected chi connectivity index (χ3v) is 6.03. The minimum atomic E-state index is -0.314. The first-order valence-corrected chi connectivity index (χ1v) is 10.5. The van der Waals surface area contributed by atoms with Crippen LogP contribution in [0.25, 0.3) is 21.2 Å². The van der Waals surface area contributed by atoms with E-state index in [1.165, 1.54) is 23.5 Å². The van der Waals surface area contributed by atoms with Gasteiger partial charge in [-0.2, -0.15) is 0 Å². The summed E-state index contributed by atoms with van der Waals surface area (Å²) in [5, 5.41) is 1.43. The van der Waals surface area contributed by atoms with Crippen molar-refractivity contribution in [1.82, 2.24) is 9.88 Å². The monoisotopic (exact) mass is 411 g/mol. The number of thiazole rings is 1. The molecule has 0 bridgehead atoms. The van der Waals surface area contributed by atoms with Crippen molar-refractivity contribution in [2.24, 2.45) is 0 Å². The van der Waals surface area contributed by atoms with Crippen LogP contribution in [0.4, 0.5) is 9.52 Å². The molecule has 0 unspecified atom stereocenters. The van der Waals surface area contributed by atoms with Gasteiger partial charge in [0.2, 0.25) is 0 Å².